The van der Waals surface area contributed by atoms with Crippen LogP contribution in [0, 0.1) is 15.3 Å². The third kappa shape index (κ3) is 1.79. The van der Waals surface area contributed by atoms with E-state index in [1.165, 1.54) is 0 Å². The first-order valence-corrected chi connectivity index (χ1v) is 4.03. The first-order chi connectivity index (χ1) is 6.43. The van der Waals surface area contributed by atoms with E-state index in [1.54, 1.807) is 0 Å². The summed E-state index contributed by atoms with van der Waals surface area (Å²) in [7, 11) is 0. The first kappa shape index (κ1) is 10.4. The largest absolute Gasteiger partial charge is 0.617 e. The topological polar surface area (TPSA) is 107 Å². The van der Waals surface area contributed by atoms with Gasteiger partial charge in [0.25, 0.3) is 10.3 Å². The van der Waals surface area contributed by atoms with Crippen molar-refractivity contribution in [3.05, 3.63) is 37.8 Å². The molecule has 8 heteroatoms. The van der Waals surface area contributed by atoms with Crippen molar-refractivity contribution in [2.75, 3.05) is 0 Å². The van der Waals surface area contributed by atoms with Crippen molar-refractivity contribution in [3.8, 4) is 0 Å². The van der Waals surface area contributed by atoms with E-state index in [0.717, 1.165) is 6.07 Å². The lowest BCUT2D eigenvalue weighted by Crippen LogP contribution is -2.36. The normalized spacial score (nSPS) is 9.79. The molecule has 0 radical (unpaired) electrons. The van der Waals surface area contributed by atoms with Gasteiger partial charge < -0.3 is 10.3 Å². The smallest absolute Gasteiger partial charge is 0.402 e. The fraction of sp³-hybridized carbons (Fsp3) is 0. The van der Waals surface area contributed by atoms with Crippen molar-refractivity contribution in [1.29, 1.82) is 0 Å². The molecule has 0 amide bonds. The van der Waals surface area contributed by atoms with Crippen molar-refractivity contribution >= 4 is 27.6 Å². The van der Waals surface area contributed by atoms with Gasteiger partial charge in [-0.2, -0.15) is 4.73 Å². The SMILES string of the molecule is O=C(O)c1cc([N+](=O)[O-])cc(Br)[n+]1[O-]. The van der Waals surface area contributed by atoms with Gasteiger partial charge in [0, 0.05) is 15.9 Å². The van der Waals surface area contributed by atoms with E-state index in [1.807, 2.05) is 0 Å². The zero-order valence-electron chi connectivity index (χ0n) is 6.51. The zero-order valence-corrected chi connectivity index (χ0v) is 8.09. The van der Waals surface area contributed by atoms with Gasteiger partial charge in [0.15, 0.2) is 0 Å². The minimum atomic E-state index is -1.52. The van der Waals surface area contributed by atoms with E-state index < -0.39 is 22.3 Å². The minimum Gasteiger partial charge on any atom is -0.617 e. The van der Waals surface area contributed by atoms with Crippen LogP contribution in [0.4, 0.5) is 5.69 Å². The highest BCUT2D eigenvalue weighted by molar-refractivity contribution is 9.10. The lowest BCUT2D eigenvalue weighted by molar-refractivity contribution is -0.620. The number of aromatic nitrogens is 1. The molecule has 0 aliphatic carbocycles. The molecule has 0 aliphatic rings. The molecular formula is C6H3BrN2O5. The average Bonchev–Trinajstić information content (AvgIpc) is 2.08. The molecule has 0 bridgehead atoms. The van der Waals surface area contributed by atoms with Crippen LogP contribution >= 0.6 is 15.9 Å². The average molecular weight is 263 g/mol. The molecule has 1 N–H and O–H groups in total. The molecule has 0 fully saturated rings. The standard InChI is InChI=1S/C6H3BrN2O5/c7-5-2-3(9(13)14)1-4(6(10)11)8(5)12/h1-2H,(H,10,11). The molecule has 1 aromatic heterocycles. The first-order valence-electron chi connectivity index (χ1n) is 3.24. The third-order valence-corrected chi connectivity index (χ3v) is 1.95. The molecule has 74 valence electrons. The van der Waals surface area contributed by atoms with Crippen molar-refractivity contribution in [1.82, 2.24) is 0 Å². The Bertz CT molecular complexity index is 419. The summed E-state index contributed by atoms with van der Waals surface area (Å²) < 4.78 is -0.167. The molecule has 1 rings (SSSR count). The molecule has 7 nitrogen and oxygen atoms in total. The van der Waals surface area contributed by atoms with Crippen molar-refractivity contribution in [3.63, 3.8) is 0 Å². The molecule has 1 heterocycles. The van der Waals surface area contributed by atoms with Crippen LogP contribution < -0.4 is 4.73 Å². The highest BCUT2D eigenvalue weighted by Gasteiger charge is 2.23. The Morgan fingerprint density at radius 3 is 2.57 bits per heavy atom. The van der Waals surface area contributed by atoms with Crippen LogP contribution in [0.2, 0.25) is 0 Å². The van der Waals surface area contributed by atoms with E-state index in [0.29, 0.717) is 6.07 Å². The Labute approximate surface area is 85.5 Å². The second kappa shape index (κ2) is 3.58. The van der Waals surface area contributed by atoms with Gasteiger partial charge >= 0.3 is 11.7 Å². The highest BCUT2D eigenvalue weighted by Crippen LogP contribution is 2.16. The van der Waals surface area contributed by atoms with Gasteiger partial charge in [-0.15, -0.1) is 0 Å². The van der Waals surface area contributed by atoms with Gasteiger partial charge in [-0.05, 0) is 0 Å². The lowest BCUT2D eigenvalue weighted by atomic mass is 10.3. The molecular weight excluding hydrogens is 260 g/mol. The summed E-state index contributed by atoms with van der Waals surface area (Å²) in [5.74, 6) is -1.52. The molecule has 0 spiro atoms. The summed E-state index contributed by atoms with van der Waals surface area (Å²) in [5.41, 5.74) is -1.16. The maximum absolute atomic E-state index is 11.1. The molecule has 1 aromatic rings. The minimum absolute atomic E-state index is 0.0509. The molecule has 0 aliphatic heterocycles. The van der Waals surface area contributed by atoms with Crippen LogP contribution in [-0.2, 0) is 0 Å². The van der Waals surface area contributed by atoms with E-state index >= 15 is 0 Å². The van der Waals surface area contributed by atoms with Crippen LogP contribution in [-0.4, -0.2) is 16.0 Å². The van der Waals surface area contributed by atoms with Gasteiger partial charge in [-0.3, -0.25) is 10.1 Å². The van der Waals surface area contributed by atoms with E-state index in [-0.39, 0.29) is 9.33 Å². The number of carbonyl (C=O) groups is 1. The predicted octanol–water partition coefficient (Wildman–Crippen LogP) is 0.689. The Hall–Kier alpha value is -1.70. The number of carboxylic acid groups (broad SMARTS) is 1. The van der Waals surface area contributed by atoms with Crippen molar-refractivity contribution in [2.24, 2.45) is 0 Å². The van der Waals surface area contributed by atoms with Crippen LogP contribution in [0.3, 0.4) is 0 Å². The number of nitro groups is 1. The number of rotatable bonds is 2. The fourth-order valence-electron chi connectivity index (χ4n) is 0.790. The number of hydrogen-bond donors (Lipinski definition) is 1. The monoisotopic (exact) mass is 262 g/mol. The zero-order chi connectivity index (χ0) is 10.9. The van der Waals surface area contributed by atoms with Gasteiger partial charge in [-0.25, -0.2) is 4.79 Å². The van der Waals surface area contributed by atoms with Gasteiger partial charge in [0.2, 0.25) is 0 Å². The molecule has 0 unspecified atom stereocenters. The Balaban J connectivity index is 3.43. The molecule has 14 heavy (non-hydrogen) atoms. The summed E-state index contributed by atoms with van der Waals surface area (Å²) >= 11 is 2.72. The van der Waals surface area contributed by atoms with Crippen molar-refractivity contribution < 1.29 is 19.6 Å². The van der Waals surface area contributed by atoms with E-state index in [2.05, 4.69) is 15.9 Å². The number of aromatic carboxylic acids is 1. The number of nitrogens with zero attached hydrogens (tertiary/aromatic N) is 2. The van der Waals surface area contributed by atoms with E-state index in [4.69, 9.17) is 5.11 Å². The van der Waals surface area contributed by atoms with Gasteiger partial charge in [-0.1, -0.05) is 0 Å². The lowest BCUT2D eigenvalue weighted by Gasteiger charge is -2.01. The van der Waals surface area contributed by atoms with Gasteiger partial charge in [0.05, 0.1) is 17.1 Å². The highest BCUT2D eigenvalue weighted by atomic mass is 79.9. The van der Waals surface area contributed by atoms with Crippen LogP contribution in [0.15, 0.2) is 16.7 Å². The summed E-state index contributed by atoms with van der Waals surface area (Å²) in [6.45, 7) is 0. The summed E-state index contributed by atoms with van der Waals surface area (Å²) in [4.78, 5) is 20.0. The summed E-state index contributed by atoms with van der Waals surface area (Å²) in [6, 6.07) is 1.62. The maximum atomic E-state index is 11.1. The summed E-state index contributed by atoms with van der Waals surface area (Å²) in [5, 5.41) is 29.9. The molecule has 0 atom stereocenters. The second-order valence-electron chi connectivity index (χ2n) is 2.28. The van der Waals surface area contributed by atoms with Crippen molar-refractivity contribution in [2.45, 2.75) is 0 Å². The Morgan fingerprint density at radius 1 is 1.57 bits per heavy atom. The maximum Gasteiger partial charge on any atom is 0.402 e. The Morgan fingerprint density at radius 2 is 2.14 bits per heavy atom. The van der Waals surface area contributed by atoms with Gasteiger partial charge in [0.1, 0.15) is 0 Å². The fourth-order valence-corrected chi connectivity index (χ4v) is 1.22. The predicted molar refractivity (Wildman–Crippen MR) is 46.7 cm³/mol. The quantitative estimate of drug-likeness (QED) is 0.277. The number of halogens is 1. The molecule has 0 saturated carbocycles. The van der Waals surface area contributed by atoms with Crippen LogP contribution in [0.1, 0.15) is 10.5 Å². The number of carboxylic acids is 1. The van der Waals surface area contributed by atoms with Crippen LogP contribution in [0.25, 0.3) is 0 Å². The third-order valence-electron chi connectivity index (χ3n) is 1.39. The molecule has 0 saturated heterocycles. The van der Waals surface area contributed by atoms with E-state index in [9.17, 15) is 20.1 Å². The Kier molecular flexibility index (Phi) is 2.65. The number of hydrogen-bond acceptors (Lipinski definition) is 4. The van der Waals surface area contributed by atoms with Crippen LogP contribution in [0.5, 0.6) is 0 Å². The second-order valence-corrected chi connectivity index (χ2v) is 3.09. The number of pyridine rings is 1. The summed E-state index contributed by atoms with van der Waals surface area (Å²) in [6.07, 6.45) is 0. The molecule has 0 aromatic carbocycles.